The van der Waals surface area contributed by atoms with E-state index in [4.69, 9.17) is 0 Å². The van der Waals surface area contributed by atoms with Crippen LogP contribution < -0.4 is 0 Å². The third-order valence-corrected chi connectivity index (χ3v) is 6.91. The zero-order chi connectivity index (χ0) is 21.1. The van der Waals surface area contributed by atoms with Gasteiger partial charge in [-0.3, -0.25) is 0 Å². The fraction of sp³-hybridized carbons (Fsp3) is 0.200. The molecule has 0 radical (unpaired) electrons. The number of halogens is 2. The molecule has 154 valence electrons. The molecule has 4 rings (SSSR count). The third kappa shape index (κ3) is 4.11. The molecular weight excluding hydrogens is 428 g/mol. The van der Waals surface area contributed by atoms with Gasteiger partial charge in [0.1, 0.15) is 39.8 Å². The molecule has 0 amide bonds. The molecule has 4 aromatic rings. The lowest BCUT2D eigenvalue weighted by molar-refractivity contribution is 0.0133. The molecule has 0 saturated heterocycles. The van der Waals surface area contributed by atoms with Crippen molar-refractivity contribution >= 4 is 23.3 Å². The second-order valence-electron chi connectivity index (χ2n) is 6.68. The molecular formula is C20H17F2N5OS2. The Kier molecular flexibility index (Phi) is 5.89. The summed E-state index contributed by atoms with van der Waals surface area (Å²) >= 11 is 2.53. The van der Waals surface area contributed by atoms with Crippen molar-refractivity contribution in [3.05, 3.63) is 78.4 Å². The van der Waals surface area contributed by atoms with Gasteiger partial charge in [-0.25, -0.2) is 18.4 Å². The standard InChI is InChI=1S/C20H17F2N5OS2/c1-13(29-19-18(25-26-30-19)14-5-3-2-4-6-14)20(28,10-27-12-23-11-24-27)16-8-7-15(21)9-17(16)22/h2-9,11-13,28H,10H2,1H3/t13-,20?/m1/s1. The highest BCUT2D eigenvalue weighted by molar-refractivity contribution is 8.01. The molecule has 0 fully saturated rings. The van der Waals surface area contributed by atoms with Gasteiger partial charge < -0.3 is 5.11 Å². The molecule has 10 heteroatoms. The smallest absolute Gasteiger partial charge is 0.137 e. The van der Waals surface area contributed by atoms with Crippen molar-refractivity contribution in [3.63, 3.8) is 0 Å². The predicted molar refractivity (Wildman–Crippen MR) is 111 cm³/mol. The average molecular weight is 446 g/mol. The third-order valence-electron chi connectivity index (χ3n) is 4.73. The van der Waals surface area contributed by atoms with Crippen LogP contribution in [0.25, 0.3) is 11.3 Å². The molecule has 0 bridgehead atoms. The molecule has 0 aliphatic carbocycles. The van der Waals surface area contributed by atoms with Crippen molar-refractivity contribution in [1.29, 1.82) is 0 Å². The summed E-state index contributed by atoms with van der Waals surface area (Å²) in [4.78, 5) is 3.89. The Morgan fingerprint density at radius 1 is 1.20 bits per heavy atom. The molecule has 2 aromatic heterocycles. The van der Waals surface area contributed by atoms with Crippen molar-refractivity contribution in [1.82, 2.24) is 24.4 Å². The van der Waals surface area contributed by atoms with Gasteiger partial charge in [0.25, 0.3) is 0 Å². The van der Waals surface area contributed by atoms with E-state index in [0.717, 1.165) is 21.9 Å². The Morgan fingerprint density at radius 2 is 2.00 bits per heavy atom. The lowest BCUT2D eigenvalue weighted by Crippen LogP contribution is -2.41. The second kappa shape index (κ2) is 8.58. The largest absolute Gasteiger partial charge is 0.382 e. The lowest BCUT2D eigenvalue weighted by Gasteiger charge is -2.34. The van der Waals surface area contributed by atoms with Crippen LogP contribution in [-0.4, -0.2) is 34.7 Å². The quantitative estimate of drug-likeness (QED) is 0.431. The summed E-state index contributed by atoms with van der Waals surface area (Å²) < 4.78 is 34.4. The first kappa shape index (κ1) is 20.6. The molecule has 2 heterocycles. The van der Waals surface area contributed by atoms with Gasteiger partial charge >= 0.3 is 0 Å². The van der Waals surface area contributed by atoms with E-state index in [1.807, 2.05) is 30.3 Å². The van der Waals surface area contributed by atoms with Gasteiger partial charge in [-0.2, -0.15) is 5.10 Å². The fourth-order valence-electron chi connectivity index (χ4n) is 3.12. The van der Waals surface area contributed by atoms with E-state index in [2.05, 4.69) is 19.7 Å². The molecule has 30 heavy (non-hydrogen) atoms. The summed E-state index contributed by atoms with van der Waals surface area (Å²) in [7, 11) is 0. The molecule has 6 nitrogen and oxygen atoms in total. The summed E-state index contributed by atoms with van der Waals surface area (Å²) in [5, 5.41) is 19.3. The SMILES string of the molecule is C[C@@H](Sc1snnc1-c1ccccc1)C(O)(Cn1cncn1)c1ccc(F)cc1F. The summed E-state index contributed by atoms with van der Waals surface area (Å²) in [6.45, 7) is 1.72. The summed E-state index contributed by atoms with van der Waals surface area (Å²) in [6.07, 6.45) is 2.77. The molecule has 2 aromatic carbocycles. The Bertz CT molecular complexity index is 1120. The van der Waals surface area contributed by atoms with Crippen molar-refractivity contribution in [2.24, 2.45) is 0 Å². The van der Waals surface area contributed by atoms with E-state index in [9.17, 15) is 13.9 Å². The number of thioether (sulfide) groups is 1. The highest BCUT2D eigenvalue weighted by Gasteiger charge is 2.40. The zero-order valence-electron chi connectivity index (χ0n) is 15.8. The van der Waals surface area contributed by atoms with Gasteiger partial charge in [-0.05, 0) is 24.5 Å². The average Bonchev–Trinajstić information content (AvgIpc) is 3.40. The van der Waals surface area contributed by atoms with Crippen LogP contribution in [0.1, 0.15) is 12.5 Å². The monoisotopic (exact) mass is 445 g/mol. The number of benzene rings is 2. The van der Waals surface area contributed by atoms with Crippen LogP contribution in [0, 0.1) is 11.6 Å². The van der Waals surface area contributed by atoms with E-state index in [0.29, 0.717) is 5.69 Å². The van der Waals surface area contributed by atoms with Gasteiger partial charge in [0.05, 0.1) is 6.54 Å². The first-order chi connectivity index (χ1) is 14.5. The van der Waals surface area contributed by atoms with E-state index >= 15 is 0 Å². The summed E-state index contributed by atoms with van der Waals surface area (Å²) in [5.41, 5.74) is -0.124. The number of aromatic nitrogens is 5. The molecule has 1 unspecified atom stereocenters. The maximum absolute atomic E-state index is 14.7. The van der Waals surface area contributed by atoms with Crippen molar-refractivity contribution in [2.45, 2.75) is 28.5 Å². The van der Waals surface area contributed by atoms with Crippen molar-refractivity contribution in [3.8, 4) is 11.3 Å². The van der Waals surface area contributed by atoms with Gasteiger partial charge in [-0.15, -0.1) is 16.9 Å². The summed E-state index contributed by atoms with van der Waals surface area (Å²) in [6, 6.07) is 12.7. The lowest BCUT2D eigenvalue weighted by atomic mass is 9.90. The van der Waals surface area contributed by atoms with Crippen LogP contribution in [0.3, 0.4) is 0 Å². The van der Waals surface area contributed by atoms with E-state index in [-0.39, 0.29) is 12.1 Å². The minimum atomic E-state index is -1.70. The number of rotatable bonds is 7. The topological polar surface area (TPSA) is 76.7 Å². The first-order valence-corrected chi connectivity index (χ1v) is 10.7. The second-order valence-corrected chi connectivity index (χ2v) is 9.04. The van der Waals surface area contributed by atoms with Gasteiger partial charge in [0.15, 0.2) is 0 Å². The van der Waals surface area contributed by atoms with Crippen LogP contribution >= 0.6 is 23.3 Å². The van der Waals surface area contributed by atoms with E-state index in [1.165, 1.54) is 46.7 Å². The number of hydrogen-bond acceptors (Lipinski definition) is 7. The first-order valence-electron chi connectivity index (χ1n) is 9.02. The fourth-order valence-corrected chi connectivity index (χ4v) is 5.26. The number of nitrogens with zero attached hydrogens (tertiary/aromatic N) is 5. The molecule has 0 saturated carbocycles. The Labute approximate surface area is 179 Å². The van der Waals surface area contributed by atoms with Crippen LogP contribution in [0.5, 0.6) is 0 Å². The highest BCUT2D eigenvalue weighted by atomic mass is 32.2. The van der Waals surface area contributed by atoms with E-state index < -0.39 is 22.5 Å². The molecule has 1 N–H and O–H groups in total. The van der Waals surface area contributed by atoms with Crippen LogP contribution in [-0.2, 0) is 12.1 Å². The predicted octanol–water partition coefficient (Wildman–Crippen LogP) is 4.14. The van der Waals surface area contributed by atoms with Crippen LogP contribution in [0.4, 0.5) is 8.78 Å². The highest BCUT2D eigenvalue weighted by Crippen LogP contribution is 2.43. The molecule has 0 spiro atoms. The molecule has 0 aliphatic rings. The zero-order valence-corrected chi connectivity index (χ0v) is 17.4. The van der Waals surface area contributed by atoms with Gasteiger partial charge in [0, 0.05) is 22.4 Å². The van der Waals surface area contributed by atoms with Crippen molar-refractivity contribution < 1.29 is 13.9 Å². The minimum Gasteiger partial charge on any atom is -0.382 e. The maximum atomic E-state index is 14.7. The van der Waals surface area contributed by atoms with Crippen LogP contribution in [0.15, 0.2) is 65.4 Å². The Hall–Kier alpha value is -2.69. The minimum absolute atomic E-state index is 0.0156. The van der Waals surface area contributed by atoms with E-state index in [1.54, 1.807) is 6.92 Å². The van der Waals surface area contributed by atoms with Crippen molar-refractivity contribution in [2.75, 3.05) is 0 Å². The molecule has 2 atom stereocenters. The van der Waals surface area contributed by atoms with Gasteiger partial charge in [0.2, 0.25) is 0 Å². The Balaban J connectivity index is 1.70. The maximum Gasteiger partial charge on any atom is 0.137 e. The number of aliphatic hydroxyl groups is 1. The number of hydrogen-bond donors (Lipinski definition) is 1. The van der Waals surface area contributed by atoms with Gasteiger partial charge in [-0.1, -0.05) is 40.9 Å². The van der Waals surface area contributed by atoms with Crippen LogP contribution in [0.2, 0.25) is 0 Å². The molecule has 0 aliphatic heterocycles. The summed E-state index contributed by atoms with van der Waals surface area (Å²) in [5.74, 6) is -1.53. The normalized spacial score (nSPS) is 14.4. The Morgan fingerprint density at radius 3 is 2.70 bits per heavy atom.